The number of alkyl halides is 9. The second kappa shape index (κ2) is 7.27. The molecule has 0 unspecified atom stereocenters. The van der Waals surface area contributed by atoms with E-state index in [1.807, 2.05) is 0 Å². The van der Waals surface area contributed by atoms with Crippen LogP contribution in [0.25, 0.3) is 0 Å². The van der Waals surface area contributed by atoms with Crippen molar-refractivity contribution >= 4 is 14.8 Å². The Morgan fingerprint density at radius 2 is 1.08 bits per heavy atom. The zero-order chi connectivity index (χ0) is 18.5. The van der Waals surface area contributed by atoms with E-state index in [1.165, 1.54) is 0 Å². The normalized spacial score (nSPS) is 12.4. The molecule has 1 aromatic heterocycles. The van der Waals surface area contributed by atoms with E-state index in [9.17, 15) is 56.8 Å². The monoisotopic (exact) mass is 407 g/mol. The third kappa shape index (κ3) is 4.68. The lowest BCUT2D eigenvalue weighted by atomic mass is 10.1. The van der Waals surface area contributed by atoms with E-state index in [0.717, 1.165) is 0 Å². The van der Waals surface area contributed by atoms with E-state index in [-0.39, 0.29) is 9.41 Å². The Balaban J connectivity index is 0. The van der Waals surface area contributed by atoms with Crippen LogP contribution in [0.5, 0.6) is 0 Å². The highest BCUT2D eigenvalue weighted by Gasteiger charge is 2.65. The van der Waals surface area contributed by atoms with Gasteiger partial charge in [0.2, 0.25) is 11.4 Å². The Kier molecular flexibility index (Phi) is 7.42. The topological polar surface area (TPSA) is 8.81 Å². The Morgan fingerprint density at radius 3 is 1.28 bits per heavy atom. The summed E-state index contributed by atoms with van der Waals surface area (Å²) in [4.78, 5) is 0. The largest absolute Gasteiger partial charge is 1.00 e. The lowest BCUT2D eigenvalue weighted by molar-refractivity contribution is -0.604. The fourth-order valence-corrected chi connectivity index (χ4v) is 1.75. The van der Waals surface area contributed by atoms with Gasteiger partial charge in [0.25, 0.3) is 0 Å². The SMILES string of the molecule is FB(F)n1c(C(F)(F)F)c(C(F)(F)F)[n+](B(F)F)c1C(F)(F)F.[F-].[F-]. The van der Waals surface area contributed by atoms with Gasteiger partial charge in [-0.1, -0.05) is 0 Å². The van der Waals surface area contributed by atoms with Gasteiger partial charge < -0.3 is 9.41 Å². The zero-order valence-corrected chi connectivity index (χ0v) is 10.7. The van der Waals surface area contributed by atoms with Crippen molar-refractivity contribution in [2.75, 3.05) is 0 Å². The van der Waals surface area contributed by atoms with Gasteiger partial charge >= 0.3 is 39.2 Å². The van der Waals surface area contributed by atoms with Crippen LogP contribution in [0, 0.1) is 0 Å². The van der Waals surface area contributed by atoms with Gasteiger partial charge in [-0.3, -0.25) is 0 Å². The van der Waals surface area contributed by atoms with Gasteiger partial charge in [-0.15, -0.1) is 0 Å². The maximum atomic E-state index is 12.6. The van der Waals surface area contributed by atoms with Crippen molar-refractivity contribution in [2.45, 2.75) is 18.5 Å². The molecular weight excluding hydrogens is 407 g/mol. The number of hydrogen-bond acceptors (Lipinski definition) is 0. The molecule has 25 heavy (non-hydrogen) atoms. The molecule has 0 atom stereocenters. The number of rotatable bonds is 2. The minimum atomic E-state index is -6.42. The molecule has 1 rings (SSSR count). The smallest absolute Gasteiger partial charge is 0.809 e. The van der Waals surface area contributed by atoms with Gasteiger partial charge in [-0.2, -0.15) is 39.5 Å². The maximum absolute atomic E-state index is 12.6. The number of aromatic nitrogens is 2. The van der Waals surface area contributed by atoms with E-state index in [1.54, 1.807) is 0 Å². The van der Waals surface area contributed by atoms with Gasteiger partial charge in [0, 0.05) is 0 Å². The van der Waals surface area contributed by atoms with E-state index >= 15 is 0 Å². The van der Waals surface area contributed by atoms with E-state index in [0.29, 0.717) is 0 Å². The van der Waals surface area contributed by atoms with Crippen LogP contribution in [0.15, 0.2) is 0 Å². The van der Waals surface area contributed by atoms with Crippen LogP contribution in [0.1, 0.15) is 17.2 Å². The highest BCUT2D eigenvalue weighted by molar-refractivity contribution is 6.41. The van der Waals surface area contributed by atoms with Gasteiger partial charge in [-0.05, 0) is 0 Å². The summed E-state index contributed by atoms with van der Waals surface area (Å²) in [6, 6.07) is 0. The average molecular weight is 407 g/mol. The molecule has 0 saturated carbocycles. The van der Waals surface area contributed by atoms with E-state index < -0.39 is 59.5 Å². The van der Waals surface area contributed by atoms with E-state index in [4.69, 9.17) is 0 Å². The summed E-state index contributed by atoms with van der Waals surface area (Å²) in [7, 11) is -9.63. The molecule has 0 bridgehead atoms. The van der Waals surface area contributed by atoms with Crippen LogP contribution in [0.4, 0.5) is 56.8 Å². The first-order valence-electron chi connectivity index (χ1n) is 4.98. The Hall–Kier alpha value is -1.71. The van der Waals surface area contributed by atoms with Crippen LogP contribution < -0.4 is 13.9 Å². The van der Waals surface area contributed by atoms with Crippen LogP contribution in [-0.4, -0.2) is 19.3 Å². The molecule has 0 aliphatic rings. The van der Waals surface area contributed by atoms with Crippen LogP contribution in [-0.2, 0) is 18.5 Å². The number of nitrogens with zero attached hydrogens (tertiary/aromatic N) is 2. The molecule has 0 spiro atoms. The average Bonchev–Trinajstić information content (AvgIpc) is 2.62. The van der Waals surface area contributed by atoms with Crippen molar-refractivity contribution in [1.29, 1.82) is 0 Å². The predicted octanol–water partition coefficient (Wildman–Crippen LogP) is -2.62. The van der Waals surface area contributed by atoms with Crippen molar-refractivity contribution in [3.05, 3.63) is 17.2 Å². The molecule has 1 aromatic rings. The Bertz CT molecular complexity index is 537. The fourth-order valence-electron chi connectivity index (χ4n) is 1.75. The summed E-state index contributed by atoms with van der Waals surface area (Å²) < 4.78 is 159. The summed E-state index contributed by atoms with van der Waals surface area (Å²) in [5, 5.41) is 0. The minimum absolute atomic E-state index is 0. The Morgan fingerprint density at radius 1 is 0.680 bits per heavy atom. The highest BCUT2D eigenvalue weighted by Crippen LogP contribution is 2.43. The molecule has 0 radical (unpaired) electrons. The molecule has 2 nitrogen and oxygen atoms in total. The third-order valence-corrected chi connectivity index (χ3v) is 2.34. The predicted molar refractivity (Wildman–Crippen MR) is 46.4 cm³/mol. The summed E-state index contributed by atoms with van der Waals surface area (Å²) in [6.07, 6.45) is -19.2. The first kappa shape index (κ1) is 25.5. The lowest BCUT2D eigenvalue weighted by Crippen LogP contribution is -3.00. The van der Waals surface area contributed by atoms with Gasteiger partial charge in [0.15, 0.2) is 0 Å². The molecule has 19 heteroatoms. The van der Waals surface area contributed by atoms with Gasteiger partial charge in [0.1, 0.15) is 0 Å². The summed E-state index contributed by atoms with van der Waals surface area (Å²) in [5.41, 5.74) is -7.15. The molecule has 0 saturated heterocycles. The molecule has 0 aliphatic carbocycles. The standard InChI is InChI=1S/C6B2F13N2.2FH/c9-4(10,11)1-2(5(12,13)14)23(8(20)21)3(6(15,16)17)22(1)7(18)19;;/h;2*1H/q+1;;/p-2. The van der Waals surface area contributed by atoms with Crippen molar-refractivity contribution in [2.24, 2.45) is 0 Å². The summed E-state index contributed by atoms with van der Waals surface area (Å²) in [6.45, 7) is 0. The quantitative estimate of drug-likeness (QED) is 0.376. The van der Waals surface area contributed by atoms with Gasteiger partial charge in [0.05, 0.1) is 0 Å². The summed E-state index contributed by atoms with van der Waals surface area (Å²) >= 11 is 0. The number of halogens is 15. The van der Waals surface area contributed by atoms with Crippen LogP contribution >= 0.6 is 0 Å². The number of imidazole rings is 1. The molecule has 1 heterocycles. The van der Waals surface area contributed by atoms with Crippen molar-refractivity contribution in [1.82, 2.24) is 4.48 Å². The lowest BCUT2D eigenvalue weighted by Gasteiger charge is -2.09. The number of hydrogen-bond donors (Lipinski definition) is 0. The molecule has 0 N–H and O–H groups in total. The first-order chi connectivity index (χ1) is 10.0. The van der Waals surface area contributed by atoms with Gasteiger partial charge in [-0.25, -0.2) is 26.2 Å². The minimum Gasteiger partial charge on any atom is -1.00 e. The van der Waals surface area contributed by atoms with Crippen molar-refractivity contribution in [3.63, 3.8) is 0 Å². The third-order valence-electron chi connectivity index (χ3n) is 2.34. The first-order valence-corrected chi connectivity index (χ1v) is 4.98. The molecule has 0 amide bonds. The van der Waals surface area contributed by atoms with Crippen molar-refractivity contribution in [3.8, 4) is 0 Å². The van der Waals surface area contributed by atoms with Crippen molar-refractivity contribution < 1.29 is 70.7 Å². The molecular formula is C6B2F15N2-. The molecule has 146 valence electrons. The second-order valence-electron chi connectivity index (χ2n) is 3.81. The van der Waals surface area contributed by atoms with E-state index in [2.05, 4.69) is 0 Å². The molecule has 0 aliphatic heterocycles. The highest BCUT2D eigenvalue weighted by atomic mass is 19.4. The zero-order valence-electron chi connectivity index (χ0n) is 10.7. The maximum Gasteiger partial charge on any atom is 0.809 e. The van der Waals surface area contributed by atoms with Crippen LogP contribution in [0.2, 0.25) is 0 Å². The van der Waals surface area contributed by atoms with Crippen LogP contribution in [0.3, 0.4) is 0 Å². The second-order valence-corrected chi connectivity index (χ2v) is 3.81. The summed E-state index contributed by atoms with van der Waals surface area (Å²) in [5.74, 6) is -3.48. The fraction of sp³-hybridized carbons (Fsp3) is 0.500. The molecule has 0 fully saturated rings. The Labute approximate surface area is 127 Å². The molecule has 0 aromatic carbocycles.